The molecule has 1 heterocycles. The van der Waals surface area contributed by atoms with Crippen molar-refractivity contribution in [3.63, 3.8) is 0 Å². The number of carbonyl (C=O) groups excluding carboxylic acids is 2. The lowest BCUT2D eigenvalue weighted by molar-refractivity contribution is 0.0729. The van der Waals surface area contributed by atoms with Crippen molar-refractivity contribution < 1.29 is 19.1 Å². The molecule has 0 saturated heterocycles. The maximum Gasteiger partial charge on any atom is 0.345 e. The van der Waals surface area contributed by atoms with Crippen molar-refractivity contribution in [3.8, 4) is 22.6 Å². The van der Waals surface area contributed by atoms with E-state index in [0.717, 1.165) is 26.5 Å². The van der Waals surface area contributed by atoms with Gasteiger partial charge in [0.15, 0.2) is 11.5 Å². The first-order chi connectivity index (χ1) is 19.4. The third kappa shape index (κ3) is 5.74. The highest BCUT2D eigenvalue weighted by molar-refractivity contribution is 9.10. The molecule has 0 atom stereocenters. The third-order valence-electron chi connectivity index (χ3n) is 5.99. The summed E-state index contributed by atoms with van der Waals surface area (Å²) in [5.74, 6) is -0.584. The number of aromatic amines is 1. The SMILES string of the molecule is COc1cc(C=NNC(=O)c2[nH]c3c(Br)cccc3c2-c2ccccc2)ccc1OC(=O)c1ccc(Cl)cc1Cl. The van der Waals surface area contributed by atoms with E-state index >= 15 is 0 Å². The Morgan fingerprint density at radius 2 is 1.75 bits per heavy atom. The fraction of sp³-hybridized carbons (Fsp3) is 0.0333. The monoisotopic (exact) mass is 635 g/mol. The number of halogens is 3. The predicted octanol–water partition coefficient (Wildman–Crippen LogP) is 7.90. The van der Waals surface area contributed by atoms with Crippen molar-refractivity contribution in [2.75, 3.05) is 7.11 Å². The van der Waals surface area contributed by atoms with Crippen LogP contribution in [0.4, 0.5) is 0 Å². The van der Waals surface area contributed by atoms with Crippen LogP contribution in [-0.2, 0) is 0 Å². The van der Waals surface area contributed by atoms with Crippen molar-refractivity contribution in [3.05, 3.63) is 116 Å². The summed E-state index contributed by atoms with van der Waals surface area (Å²) < 4.78 is 11.7. The highest BCUT2D eigenvalue weighted by Crippen LogP contribution is 2.35. The van der Waals surface area contributed by atoms with Gasteiger partial charge >= 0.3 is 5.97 Å². The number of methoxy groups -OCH3 is 1. The van der Waals surface area contributed by atoms with Crippen LogP contribution in [0.3, 0.4) is 0 Å². The summed E-state index contributed by atoms with van der Waals surface area (Å²) in [4.78, 5) is 29.1. The van der Waals surface area contributed by atoms with Crippen LogP contribution in [0.1, 0.15) is 26.4 Å². The Balaban J connectivity index is 1.35. The summed E-state index contributed by atoms with van der Waals surface area (Å²) in [6.45, 7) is 0. The normalized spacial score (nSPS) is 11.1. The smallest absolute Gasteiger partial charge is 0.345 e. The number of hydrogen-bond acceptors (Lipinski definition) is 5. The Morgan fingerprint density at radius 1 is 0.950 bits per heavy atom. The van der Waals surface area contributed by atoms with Gasteiger partial charge in [-0.25, -0.2) is 10.2 Å². The Bertz CT molecular complexity index is 1770. The second kappa shape index (κ2) is 12.0. The van der Waals surface area contributed by atoms with Crippen molar-refractivity contribution in [1.29, 1.82) is 0 Å². The van der Waals surface area contributed by atoms with E-state index in [1.165, 1.54) is 25.5 Å². The Hall–Kier alpha value is -4.11. The number of benzene rings is 4. The first-order valence-electron chi connectivity index (χ1n) is 11.9. The lowest BCUT2D eigenvalue weighted by atomic mass is 10.0. The minimum atomic E-state index is -0.659. The zero-order valence-electron chi connectivity index (χ0n) is 20.9. The van der Waals surface area contributed by atoms with Crippen molar-refractivity contribution in [2.45, 2.75) is 0 Å². The van der Waals surface area contributed by atoms with E-state index in [4.69, 9.17) is 32.7 Å². The zero-order chi connectivity index (χ0) is 28.2. The molecule has 0 aliphatic heterocycles. The molecule has 7 nitrogen and oxygen atoms in total. The van der Waals surface area contributed by atoms with Gasteiger partial charge in [-0.05, 0) is 69.5 Å². The number of rotatable bonds is 7. The van der Waals surface area contributed by atoms with Gasteiger partial charge < -0.3 is 14.5 Å². The number of aromatic nitrogens is 1. The number of amides is 1. The quantitative estimate of drug-likeness (QED) is 0.0822. The van der Waals surface area contributed by atoms with Gasteiger partial charge in [0.2, 0.25) is 0 Å². The molecule has 1 aromatic heterocycles. The highest BCUT2D eigenvalue weighted by Gasteiger charge is 2.20. The number of para-hydroxylation sites is 1. The van der Waals surface area contributed by atoms with E-state index < -0.39 is 11.9 Å². The summed E-state index contributed by atoms with van der Waals surface area (Å²) in [5, 5.41) is 5.62. The Morgan fingerprint density at radius 3 is 2.50 bits per heavy atom. The van der Waals surface area contributed by atoms with Crippen LogP contribution >= 0.6 is 39.1 Å². The molecule has 0 aliphatic rings. The van der Waals surface area contributed by atoms with E-state index in [1.54, 1.807) is 24.3 Å². The van der Waals surface area contributed by atoms with Gasteiger partial charge in [-0.3, -0.25) is 4.79 Å². The van der Waals surface area contributed by atoms with E-state index in [0.29, 0.717) is 22.0 Å². The molecule has 0 fully saturated rings. The summed E-state index contributed by atoms with van der Waals surface area (Å²) in [6, 6.07) is 24.8. The number of nitrogens with zero attached hydrogens (tertiary/aromatic N) is 1. The van der Waals surface area contributed by atoms with Gasteiger partial charge in [-0.1, -0.05) is 65.7 Å². The van der Waals surface area contributed by atoms with Gasteiger partial charge in [0.05, 0.1) is 29.4 Å². The summed E-state index contributed by atoms with van der Waals surface area (Å²) in [6.07, 6.45) is 1.46. The average Bonchev–Trinajstić information content (AvgIpc) is 3.35. The number of hydrogen-bond donors (Lipinski definition) is 2. The molecule has 40 heavy (non-hydrogen) atoms. The summed E-state index contributed by atoms with van der Waals surface area (Å²) in [5.41, 5.74) is 6.22. The standard InChI is InChI=1S/C30H20BrCl2N3O4/c1-39-25-14-17(10-13-24(25)40-30(38)20-12-11-19(32)15-23(20)33)16-34-36-29(37)28-26(18-6-3-2-4-7-18)21-8-5-9-22(31)27(21)35-28/h2-16,35H,1H3,(H,36,37). The Kier molecular flexibility index (Phi) is 8.21. The van der Waals surface area contributed by atoms with Gasteiger partial charge in [0.1, 0.15) is 5.69 Å². The predicted molar refractivity (Wildman–Crippen MR) is 161 cm³/mol. The number of H-pyrrole nitrogens is 1. The van der Waals surface area contributed by atoms with Crippen LogP contribution in [0.2, 0.25) is 10.0 Å². The molecule has 0 unspecified atom stereocenters. The summed E-state index contributed by atoms with van der Waals surface area (Å²) in [7, 11) is 1.45. The lowest BCUT2D eigenvalue weighted by Gasteiger charge is -2.10. The van der Waals surface area contributed by atoms with E-state index in [-0.39, 0.29) is 16.3 Å². The summed E-state index contributed by atoms with van der Waals surface area (Å²) >= 11 is 15.6. The first-order valence-corrected chi connectivity index (χ1v) is 13.4. The number of esters is 1. The second-order valence-corrected chi connectivity index (χ2v) is 10.2. The molecule has 0 radical (unpaired) electrons. The highest BCUT2D eigenvalue weighted by atomic mass is 79.9. The topological polar surface area (TPSA) is 92.8 Å². The maximum atomic E-state index is 13.2. The molecule has 10 heteroatoms. The maximum absolute atomic E-state index is 13.2. The van der Waals surface area contributed by atoms with E-state index in [2.05, 4.69) is 31.4 Å². The van der Waals surface area contributed by atoms with Crippen LogP contribution in [0.25, 0.3) is 22.0 Å². The van der Waals surface area contributed by atoms with Crippen LogP contribution in [0.15, 0.2) is 94.5 Å². The second-order valence-electron chi connectivity index (χ2n) is 8.53. The largest absolute Gasteiger partial charge is 0.493 e. The molecule has 5 rings (SSSR count). The van der Waals surface area contributed by atoms with Crippen molar-refractivity contribution >= 4 is 68.1 Å². The van der Waals surface area contributed by atoms with Gasteiger partial charge in [-0.2, -0.15) is 5.10 Å². The van der Waals surface area contributed by atoms with Crippen LogP contribution < -0.4 is 14.9 Å². The fourth-order valence-electron chi connectivity index (χ4n) is 4.14. The van der Waals surface area contributed by atoms with Crippen molar-refractivity contribution in [1.82, 2.24) is 10.4 Å². The molecule has 0 saturated carbocycles. The van der Waals surface area contributed by atoms with E-state index in [1.807, 2.05) is 48.5 Å². The first kappa shape index (κ1) is 27.5. The van der Waals surface area contributed by atoms with Gasteiger partial charge in [0, 0.05) is 20.4 Å². The number of hydrazone groups is 1. The zero-order valence-corrected chi connectivity index (χ0v) is 24.0. The Labute approximate surface area is 247 Å². The number of nitrogens with one attached hydrogen (secondary N) is 2. The van der Waals surface area contributed by atoms with E-state index in [9.17, 15) is 9.59 Å². The van der Waals surface area contributed by atoms with Crippen LogP contribution in [0.5, 0.6) is 11.5 Å². The van der Waals surface area contributed by atoms with Crippen LogP contribution in [-0.4, -0.2) is 30.2 Å². The minimum absolute atomic E-state index is 0.167. The number of carbonyl (C=O) groups is 2. The minimum Gasteiger partial charge on any atom is -0.493 e. The number of fused-ring (bicyclic) bond motifs is 1. The molecule has 5 aromatic rings. The molecular weight excluding hydrogens is 617 g/mol. The molecular formula is C30H20BrCl2N3O4. The molecule has 4 aromatic carbocycles. The average molecular weight is 637 g/mol. The molecule has 1 amide bonds. The van der Waals surface area contributed by atoms with Crippen LogP contribution in [0, 0.1) is 0 Å². The third-order valence-corrected chi connectivity index (χ3v) is 7.20. The number of ether oxygens (including phenoxy) is 2. The molecule has 0 bridgehead atoms. The van der Waals surface area contributed by atoms with Gasteiger partial charge in [0.25, 0.3) is 5.91 Å². The molecule has 0 spiro atoms. The van der Waals surface area contributed by atoms with Crippen molar-refractivity contribution in [2.24, 2.45) is 5.10 Å². The lowest BCUT2D eigenvalue weighted by Crippen LogP contribution is -2.18. The molecule has 2 N–H and O–H groups in total. The molecule has 0 aliphatic carbocycles. The van der Waals surface area contributed by atoms with Gasteiger partial charge in [-0.15, -0.1) is 0 Å². The fourth-order valence-corrected chi connectivity index (χ4v) is 5.09. The molecule has 200 valence electrons.